The van der Waals surface area contributed by atoms with Gasteiger partial charge in [0.1, 0.15) is 4.83 Å². The van der Waals surface area contributed by atoms with Crippen LogP contribution in [0.15, 0.2) is 40.3 Å². The third-order valence-corrected chi connectivity index (χ3v) is 6.84. The number of fused-ring (bicyclic) bond motifs is 3. The van der Waals surface area contributed by atoms with Crippen LogP contribution in [0.2, 0.25) is 0 Å². The molecule has 0 radical (unpaired) electrons. The Morgan fingerprint density at radius 3 is 2.83 bits per heavy atom. The zero-order valence-electron chi connectivity index (χ0n) is 13.2. The Morgan fingerprint density at radius 1 is 1.26 bits per heavy atom. The van der Waals surface area contributed by atoms with Gasteiger partial charge in [-0.1, -0.05) is 42.1 Å². The number of rotatable bonds is 3. The Kier molecular flexibility index (Phi) is 3.77. The number of nitrogens with zero attached hydrogens (tertiary/aromatic N) is 2. The van der Waals surface area contributed by atoms with Gasteiger partial charge >= 0.3 is 0 Å². The van der Waals surface area contributed by atoms with E-state index in [2.05, 4.69) is 19.1 Å². The van der Waals surface area contributed by atoms with Crippen LogP contribution < -0.4 is 5.56 Å². The molecule has 1 aliphatic rings. The van der Waals surface area contributed by atoms with Crippen LogP contribution in [0.3, 0.4) is 0 Å². The van der Waals surface area contributed by atoms with Crippen LogP contribution in [0.4, 0.5) is 0 Å². The molecule has 0 bridgehead atoms. The Bertz CT molecular complexity index is 928. The normalized spacial score (nSPS) is 15.0. The van der Waals surface area contributed by atoms with E-state index in [0.717, 1.165) is 28.2 Å². The standard InChI is InChI=1S/C18H18N2OS2/c1-11(12-7-4-3-5-8-12)22-18-19-16-15(17(21)20(18)2)13-9-6-10-14(13)23-16/h3-5,7-8,11H,6,9-10H2,1-2H3/t11-/m1/s1. The molecule has 0 N–H and O–H groups in total. The highest BCUT2D eigenvalue weighted by atomic mass is 32.2. The van der Waals surface area contributed by atoms with Gasteiger partial charge in [-0.15, -0.1) is 11.3 Å². The first-order valence-corrected chi connectivity index (χ1v) is 9.57. The minimum Gasteiger partial charge on any atom is -0.290 e. The van der Waals surface area contributed by atoms with E-state index in [1.54, 1.807) is 27.7 Å². The highest BCUT2D eigenvalue weighted by molar-refractivity contribution is 7.99. The zero-order valence-corrected chi connectivity index (χ0v) is 14.8. The van der Waals surface area contributed by atoms with Crippen molar-refractivity contribution in [1.29, 1.82) is 0 Å². The molecular formula is C18H18N2OS2. The van der Waals surface area contributed by atoms with Gasteiger partial charge in [0.15, 0.2) is 5.16 Å². The summed E-state index contributed by atoms with van der Waals surface area (Å²) in [6.07, 6.45) is 3.30. The molecule has 23 heavy (non-hydrogen) atoms. The van der Waals surface area contributed by atoms with E-state index in [9.17, 15) is 4.79 Å². The van der Waals surface area contributed by atoms with E-state index < -0.39 is 0 Å². The van der Waals surface area contributed by atoms with Gasteiger partial charge in [0.25, 0.3) is 5.56 Å². The molecule has 0 saturated carbocycles. The third kappa shape index (κ3) is 2.52. The van der Waals surface area contributed by atoms with Crippen molar-refractivity contribution in [1.82, 2.24) is 9.55 Å². The van der Waals surface area contributed by atoms with Crippen molar-refractivity contribution in [3.8, 4) is 0 Å². The van der Waals surface area contributed by atoms with Crippen molar-refractivity contribution in [3.05, 3.63) is 56.7 Å². The summed E-state index contributed by atoms with van der Waals surface area (Å²) in [7, 11) is 1.84. The molecule has 0 unspecified atom stereocenters. The highest BCUT2D eigenvalue weighted by Crippen LogP contribution is 2.37. The van der Waals surface area contributed by atoms with Crippen molar-refractivity contribution in [3.63, 3.8) is 0 Å². The lowest BCUT2D eigenvalue weighted by molar-refractivity contribution is 0.724. The Balaban J connectivity index is 1.76. The summed E-state index contributed by atoms with van der Waals surface area (Å²) in [5.74, 6) is 0. The first kappa shape index (κ1) is 15.0. The van der Waals surface area contributed by atoms with Crippen molar-refractivity contribution in [2.45, 2.75) is 36.6 Å². The second-order valence-electron chi connectivity index (χ2n) is 5.97. The maximum absolute atomic E-state index is 12.8. The minimum absolute atomic E-state index is 0.108. The van der Waals surface area contributed by atoms with Crippen molar-refractivity contribution in [2.24, 2.45) is 7.05 Å². The average molecular weight is 342 g/mol. The molecule has 1 atom stereocenters. The monoisotopic (exact) mass is 342 g/mol. The van der Waals surface area contributed by atoms with Crippen molar-refractivity contribution < 1.29 is 0 Å². The summed E-state index contributed by atoms with van der Waals surface area (Å²) >= 11 is 3.36. The summed E-state index contributed by atoms with van der Waals surface area (Å²) in [6, 6.07) is 10.4. The van der Waals surface area contributed by atoms with E-state index in [0.29, 0.717) is 0 Å². The lowest BCUT2D eigenvalue weighted by Crippen LogP contribution is -2.20. The SMILES string of the molecule is C[C@@H](Sc1nc2sc3c(c2c(=O)n1C)CCC3)c1ccccc1. The number of thioether (sulfide) groups is 1. The van der Waals surface area contributed by atoms with E-state index in [1.807, 2.05) is 25.2 Å². The summed E-state index contributed by atoms with van der Waals surface area (Å²) in [5.41, 5.74) is 2.61. The fourth-order valence-corrected chi connectivity index (χ4v) is 5.47. The molecule has 3 nitrogen and oxygen atoms in total. The largest absolute Gasteiger partial charge is 0.290 e. The number of aromatic nitrogens is 2. The van der Waals surface area contributed by atoms with Crippen LogP contribution in [0.25, 0.3) is 10.2 Å². The van der Waals surface area contributed by atoms with Crippen LogP contribution >= 0.6 is 23.1 Å². The number of thiophene rings is 1. The smallest absolute Gasteiger partial charge is 0.262 e. The van der Waals surface area contributed by atoms with Gasteiger partial charge in [-0.2, -0.15) is 0 Å². The predicted octanol–water partition coefficient (Wildman–Crippen LogP) is 4.34. The van der Waals surface area contributed by atoms with Crippen molar-refractivity contribution >= 4 is 33.3 Å². The van der Waals surface area contributed by atoms with Crippen LogP contribution in [-0.2, 0) is 19.9 Å². The molecule has 5 heteroatoms. The second-order valence-corrected chi connectivity index (χ2v) is 8.36. The van der Waals surface area contributed by atoms with Gasteiger partial charge < -0.3 is 0 Å². The third-order valence-electron chi connectivity index (χ3n) is 4.46. The number of hydrogen-bond acceptors (Lipinski definition) is 4. The summed E-state index contributed by atoms with van der Waals surface area (Å²) in [4.78, 5) is 19.9. The predicted molar refractivity (Wildman–Crippen MR) is 97.6 cm³/mol. The fraction of sp³-hybridized carbons (Fsp3) is 0.333. The zero-order chi connectivity index (χ0) is 16.0. The molecule has 118 valence electrons. The molecule has 0 spiro atoms. The van der Waals surface area contributed by atoms with E-state index >= 15 is 0 Å². The Hall–Kier alpha value is -1.59. The molecule has 4 rings (SSSR count). The maximum Gasteiger partial charge on any atom is 0.262 e. The lowest BCUT2D eigenvalue weighted by Gasteiger charge is -2.13. The summed E-state index contributed by atoms with van der Waals surface area (Å²) in [5, 5.41) is 1.93. The van der Waals surface area contributed by atoms with Crippen LogP contribution in [0.1, 0.15) is 34.6 Å². The maximum atomic E-state index is 12.8. The summed E-state index contributed by atoms with van der Waals surface area (Å²) < 4.78 is 1.72. The van der Waals surface area contributed by atoms with Gasteiger partial charge in [-0.05, 0) is 37.3 Å². The molecule has 1 aromatic carbocycles. The highest BCUT2D eigenvalue weighted by Gasteiger charge is 2.23. The van der Waals surface area contributed by atoms with Crippen LogP contribution in [0, 0.1) is 0 Å². The van der Waals surface area contributed by atoms with Crippen molar-refractivity contribution in [2.75, 3.05) is 0 Å². The molecule has 2 aromatic heterocycles. The van der Waals surface area contributed by atoms with Crippen LogP contribution in [0.5, 0.6) is 0 Å². The molecule has 2 heterocycles. The van der Waals surface area contributed by atoms with E-state index in [4.69, 9.17) is 4.98 Å². The number of benzene rings is 1. The minimum atomic E-state index is 0.108. The fourth-order valence-electron chi connectivity index (χ4n) is 3.16. The first-order chi connectivity index (χ1) is 11.1. The van der Waals surface area contributed by atoms with E-state index in [1.165, 1.54) is 22.4 Å². The number of aryl methyl sites for hydroxylation is 2. The Morgan fingerprint density at radius 2 is 2.04 bits per heavy atom. The van der Waals surface area contributed by atoms with Gasteiger partial charge in [0, 0.05) is 17.2 Å². The number of hydrogen-bond donors (Lipinski definition) is 0. The lowest BCUT2D eigenvalue weighted by atomic mass is 10.2. The average Bonchev–Trinajstić information content (AvgIpc) is 3.13. The molecule has 0 fully saturated rings. The molecule has 0 amide bonds. The van der Waals surface area contributed by atoms with Gasteiger partial charge in [0.2, 0.25) is 0 Å². The van der Waals surface area contributed by atoms with Gasteiger partial charge in [0.05, 0.1) is 5.39 Å². The van der Waals surface area contributed by atoms with E-state index in [-0.39, 0.29) is 10.8 Å². The molecule has 3 aromatic rings. The second kappa shape index (κ2) is 5.80. The van der Waals surface area contributed by atoms with Gasteiger partial charge in [-0.25, -0.2) is 4.98 Å². The van der Waals surface area contributed by atoms with Crippen LogP contribution in [-0.4, -0.2) is 9.55 Å². The molecule has 0 saturated heterocycles. The molecule has 1 aliphatic carbocycles. The van der Waals surface area contributed by atoms with Gasteiger partial charge in [-0.3, -0.25) is 9.36 Å². The molecular weight excluding hydrogens is 324 g/mol. The topological polar surface area (TPSA) is 34.9 Å². The Labute approximate surface area is 143 Å². The first-order valence-electron chi connectivity index (χ1n) is 7.88. The quantitative estimate of drug-likeness (QED) is 0.525. The summed E-state index contributed by atoms with van der Waals surface area (Å²) in [6.45, 7) is 2.16. The molecule has 0 aliphatic heterocycles.